The van der Waals surface area contributed by atoms with Gasteiger partial charge in [0.25, 0.3) is 0 Å². The van der Waals surface area contributed by atoms with Gasteiger partial charge in [0.15, 0.2) is 8.32 Å². The summed E-state index contributed by atoms with van der Waals surface area (Å²) in [4.78, 5) is 16.1. The van der Waals surface area contributed by atoms with Crippen LogP contribution in [0.25, 0.3) is 22.0 Å². The van der Waals surface area contributed by atoms with Crippen LogP contribution >= 0.6 is 0 Å². The van der Waals surface area contributed by atoms with Crippen LogP contribution < -0.4 is 0 Å². The molecular weight excluding hydrogens is 477 g/mol. The summed E-state index contributed by atoms with van der Waals surface area (Å²) in [7, 11) is -1.89. The van der Waals surface area contributed by atoms with Crippen molar-refractivity contribution in [2.75, 3.05) is 19.8 Å². The van der Waals surface area contributed by atoms with Crippen molar-refractivity contribution in [1.82, 2.24) is 15.2 Å². The first-order valence-electron chi connectivity index (χ1n) is 12.8. The molecule has 0 spiro atoms. The molecule has 1 aromatic carbocycles. The quantitative estimate of drug-likeness (QED) is 0.166. The third-order valence-electron chi connectivity index (χ3n) is 7.22. The van der Waals surface area contributed by atoms with Crippen LogP contribution in [-0.4, -0.2) is 54.4 Å². The summed E-state index contributed by atoms with van der Waals surface area (Å²) < 4.78 is 27.1. The number of carbonyl (C=O) groups excluding carboxylic acids is 1. The third-order valence-corrected chi connectivity index (χ3v) is 11.8. The Labute approximate surface area is 213 Å². The zero-order chi connectivity index (χ0) is 26.7. The number of esters is 1. The van der Waals surface area contributed by atoms with Crippen molar-refractivity contribution < 1.29 is 23.5 Å². The number of aryl methyl sites for hydroxylation is 2. The Balaban J connectivity index is 2.08. The molecule has 0 fully saturated rings. The molecule has 0 aliphatic heterocycles. The number of nitrogens with one attached hydrogen (secondary N) is 2. The number of nitrogens with zero attached hydrogens (tertiary/aromatic N) is 1. The molecule has 9 heteroatoms. The lowest BCUT2D eigenvalue weighted by Crippen LogP contribution is -2.41. The minimum absolute atomic E-state index is 0.100. The van der Waals surface area contributed by atoms with Gasteiger partial charge < -0.3 is 19.3 Å². The fourth-order valence-electron chi connectivity index (χ4n) is 4.23. The second-order valence-electron chi connectivity index (χ2n) is 10.6. The highest BCUT2D eigenvalue weighted by molar-refractivity contribution is 6.74. The number of H-pyrrole nitrogens is 2. The van der Waals surface area contributed by atoms with Crippen molar-refractivity contribution in [2.45, 2.75) is 78.4 Å². The van der Waals surface area contributed by atoms with E-state index in [4.69, 9.17) is 9.16 Å². The molecule has 0 bridgehead atoms. The van der Waals surface area contributed by atoms with Gasteiger partial charge in [0.2, 0.25) is 0 Å². The molecule has 36 heavy (non-hydrogen) atoms. The van der Waals surface area contributed by atoms with Gasteiger partial charge in [0.05, 0.1) is 17.8 Å². The summed E-state index contributed by atoms with van der Waals surface area (Å²) in [6.07, 6.45) is 2.22. The highest BCUT2D eigenvalue weighted by Gasteiger charge is 2.37. The average molecular weight is 518 g/mol. The molecule has 0 saturated carbocycles. The number of aliphatic hydroxyl groups is 1. The molecule has 0 saturated heterocycles. The molecule has 3 N–H and O–H groups in total. The highest BCUT2D eigenvalue weighted by atomic mass is 28.4. The maximum atomic E-state index is 15.4. The van der Waals surface area contributed by atoms with E-state index in [1.165, 1.54) is 6.07 Å². The first kappa shape index (κ1) is 28.1. The van der Waals surface area contributed by atoms with Gasteiger partial charge in [-0.25, -0.2) is 9.18 Å². The molecule has 198 valence electrons. The number of aromatic amines is 2. The topological polar surface area (TPSA) is 100 Å². The van der Waals surface area contributed by atoms with E-state index in [1.807, 2.05) is 6.92 Å². The summed E-state index contributed by atoms with van der Waals surface area (Å²) >= 11 is 0. The number of ether oxygens (including phenoxy) is 1. The predicted molar refractivity (Wildman–Crippen MR) is 143 cm³/mol. The van der Waals surface area contributed by atoms with Crippen LogP contribution in [-0.2, 0) is 28.4 Å². The van der Waals surface area contributed by atoms with Crippen LogP contribution in [0.2, 0.25) is 18.1 Å². The molecule has 0 radical (unpaired) electrons. The lowest BCUT2D eigenvalue weighted by Gasteiger charge is -2.36. The Morgan fingerprint density at radius 2 is 1.89 bits per heavy atom. The molecule has 0 amide bonds. The molecule has 0 aliphatic rings. The Morgan fingerprint density at radius 3 is 2.50 bits per heavy atom. The summed E-state index contributed by atoms with van der Waals surface area (Å²) in [5.41, 5.74) is 4.05. The van der Waals surface area contributed by atoms with Gasteiger partial charge in [-0.05, 0) is 62.0 Å². The van der Waals surface area contributed by atoms with Crippen molar-refractivity contribution in [3.63, 3.8) is 0 Å². The number of carbonyl (C=O) groups is 1. The molecule has 3 aromatic rings. The Kier molecular flexibility index (Phi) is 8.79. The second-order valence-corrected chi connectivity index (χ2v) is 15.4. The van der Waals surface area contributed by atoms with Crippen molar-refractivity contribution in [1.29, 1.82) is 0 Å². The first-order chi connectivity index (χ1) is 17.0. The van der Waals surface area contributed by atoms with Gasteiger partial charge in [-0.2, -0.15) is 5.10 Å². The molecule has 2 aromatic heterocycles. The SMILES string of the molecule is CCOC(=O)c1[nH]c2c(-c3c(CCO)n[nH]c3CC)c(F)ccc2c1CCCO[Si](C)(C)C(C)(C)C. The minimum Gasteiger partial charge on any atom is -0.461 e. The van der Waals surface area contributed by atoms with E-state index in [0.29, 0.717) is 53.9 Å². The average Bonchev–Trinajstić information content (AvgIpc) is 3.37. The van der Waals surface area contributed by atoms with E-state index in [-0.39, 0.29) is 18.3 Å². The number of rotatable bonds is 11. The zero-order valence-corrected chi connectivity index (χ0v) is 23.6. The third kappa shape index (κ3) is 5.58. The summed E-state index contributed by atoms with van der Waals surface area (Å²) in [5.74, 6) is -0.874. The summed E-state index contributed by atoms with van der Waals surface area (Å²) in [6.45, 7) is 15.5. The lowest BCUT2D eigenvalue weighted by atomic mass is 9.96. The Hall–Kier alpha value is -2.49. The number of aliphatic hydroxyl groups excluding tert-OH is 1. The molecule has 2 heterocycles. The molecule has 3 rings (SSSR count). The van der Waals surface area contributed by atoms with Gasteiger partial charge in [0.1, 0.15) is 11.5 Å². The van der Waals surface area contributed by atoms with Crippen LogP contribution in [0, 0.1) is 5.82 Å². The van der Waals surface area contributed by atoms with E-state index in [0.717, 1.165) is 23.1 Å². The maximum absolute atomic E-state index is 15.4. The zero-order valence-electron chi connectivity index (χ0n) is 22.6. The number of hydrogen-bond donors (Lipinski definition) is 3. The fourth-order valence-corrected chi connectivity index (χ4v) is 5.31. The van der Waals surface area contributed by atoms with Crippen LogP contribution in [0.3, 0.4) is 0 Å². The number of benzene rings is 1. The summed E-state index contributed by atoms with van der Waals surface area (Å²) in [5, 5.41) is 17.7. The number of halogens is 1. The van der Waals surface area contributed by atoms with Crippen LogP contribution in [0.1, 0.15) is 68.5 Å². The molecule has 0 aliphatic carbocycles. The fraction of sp³-hybridized carbons (Fsp3) is 0.556. The van der Waals surface area contributed by atoms with Crippen LogP contribution in [0.5, 0.6) is 0 Å². The van der Waals surface area contributed by atoms with Crippen molar-refractivity contribution in [3.05, 3.63) is 40.6 Å². The predicted octanol–water partition coefficient (Wildman–Crippen LogP) is 5.93. The largest absolute Gasteiger partial charge is 0.461 e. The minimum atomic E-state index is -1.89. The monoisotopic (exact) mass is 517 g/mol. The van der Waals surface area contributed by atoms with Crippen LogP contribution in [0.4, 0.5) is 4.39 Å². The lowest BCUT2D eigenvalue weighted by molar-refractivity contribution is 0.0519. The van der Waals surface area contributed by atoms with Gasteiger partial charge in [-0.15, -0.1) is 0 Å². The van der Waals surface area contributed by atoms with Gasteiger partial charge in [0, 0.05) is 41.8 Å². The molecule has 7 nitrogen and oxygen atoms in total. The first-order valence-corrected chi connectivity index (χ1v) is 15.7. The number of aromatic nitrogens is 3. The van der Waals surface area contributed by atoms with Gasteiger partial charge in [-0.1, -0.05) is 27.7 Å². The van der Waals surface area contributed by atoms with Crippen molar-refractivity contribution in [2.24, 2.45) is 0 Å². The van der Waals surface area contributed by atoms with Gasteiger partial charge in [-0.3, -0.25) is 5.10 Å². The molecular formula is C27H40FN3O4Si. The number of fused-ring (bicyclic) bond motifs is 1. The van der Waals surface area contributed by atoms with Crippen molar-refractivity contribution in [3.8, 4) is 11.1 Å². The van der Waals surface area contributed by atoms with Gasteiger partial charge >= 0.3 is 5.97 Å². The summed E-state index contributed by atoms with van der Waals surface area (Å²) in [6, 6.07) is 3.15. The van der Waals surface area contributed by atoms with E-state index in [9.17, 15) is 9.90 Å². The highest BCUT2D eigenvalue weighted by Crippen LogP contribution is 2.39. The van der Waals surface area contributed by atoms with E-state index in [2.05, 4.69) is 49.0 Å². The Bertz CT molecular complexity index is 1210. The van der Waals surface area contributed by atoms with E-state index < -0.39 is 20.1 Å². The normalized spacial score (nSPS) is 12.5. The maximum Gasteiger partial charge on any atom is 0.355 e. The van der Waals surface area contributed by atoms with Crippen molar-refractivity contribution >= 4 is 25.2 Å². The van der Waals surface area contributed by atoms with E-state index in [1.54, 1.807) is 13.0 Å². The standard InChI is InChI=1S/C27H40FN3O4Si/c1-8-20-23(21(14-15-32)31-30-20)22-19(28)13-12-18-17(25(29-24(18)22)26(33)34-9-2)11-10-16-35-36(6,7)27(3,4)5/h12-13,29,32H,8-11,14-16H2,1-7H3,(H,30,31). The van der Waals surface area contributed by atoms with E-state index >= 15 is 4.39 Å². The van der Waals surface area contributed by atoms with Crippen LogP contribution in [0.15, 0.2) is 12.1 Å². The second kappa shape index (κ2) is 11.3. The smallest absolute Gasteiger partial charge is 0.355 e. The molecule has 0 unspecified atom stereocenters. The number of hydrogen-bond acceptors (Lipinski definition) is 5. The molecule has 0 atom stereocenters. The Morgan fingerprint density at radius 1 is 1.17 bits per heavy atom.